The summed E-state index contributed by atoms with van der Waals surface area (Å²) in [5.74, 6) is -0.148. The number of phenolic OH excluding ortho intramolecular Hbond substituents is 1. The van der Waals surface area contributed by atoms with E-state index in [-0.39, 0.29) is 17.7 Å². The molecule has 0 aromatic heterocycles. The number of hydrogen-bond acceptors (Lipinski definition) is 3. The second-order valence-electron chi connectivity index (χ2n) is 3.63. The number of carbonyl (C=O) groups is 1. The van der Waals surface area contributed by atoms with Crippen LogP contribution in [0.25, 0.3) is 0 Å². The molecule has 1 aliphatic rings. The van der Waals surface area contributed by atoms with Crippen molar-refractivity contribution in [3.05, 3.63) is 28.8 Å². The first-order chi connectivity index (χ1) is 7.08. The van der Waals surface area contributed by atoms with Crippen molar-refractivity contribution in [1.82, 2.24) is 4.90 Å². The van der Waals surface area contributed by atoms with Gasteiger partial charge in [-0.2, -0.15) is 0 Å². The molecule has 3 N–H and O–H groups in total. The lowest BCUT2D eigenvalue weighted by atomic mass is 10.1. The fourth-order valence-electron chi connectivity index (χ4n) is 1.53. The molecule has 1 aliphatic heterocycles. The molecule has 0 radical (unpaired) electrons. The number of aromatic hydroxyl groups is 1. The number of nitrogens with zero attached hydrogens (tertiary/aromatic N) is 1. The Balaban J connectivity index is 2.22. The van der Waals surface area contributed by atoms with Gasteiger partial charge in [-0.15, -0.1) is 0 Å². The number of halogens is 1. The van der Waals surface area contributed by atoms with Crippen molar-refractivity contribution >= 4 is 17.5 Å². The maximum atomic E-state index is 11.8. The SMILES string of the molecule is NC1CN(C(=O)c2cc(O)ccc2Cl)C1. The van der Waals surface area contributed by atoms with Crippen molar-refractivity contribution in [2.45, 2.75) is 6.04 Å². The Morgan fingerprint density at radius 1 is 1.53 bits per heavy atom. The van der Waals surface area contributed by atoms with E-state index in [1.165, 1.54) is 18.2 Å². The van der Waals surface area contributed by atoms with E-state index in [9.17, 15) is 9.90 Å². The van der Waals surface area contributed by atoms with Gasteiger partial charge in [0.2, 0.25) is 0 Å². The largest absolute Gasteiger partial charge is 0.508 e. The van der Waals surface area contributed by atoms with Gasteiger partial charge >= 0.3 is 0 Å². The van der Waals surface area contributed by atoms with E-state index >= 15 is 0 Å². The van der Waals surface area contributed by atoms with Crippen molar-refractivity contribution in [3.63, 3.8) is 0 Å². The van der Waals surface area contributed by atoms with E-state index < -0.39 is 0 Å². The molecule has 4 nitrogen and oxygen atoms in total. The van der Waals surface area contributed by atoms with E-state index in [1.54, 1.807) is 4.90 Å². The lowest BCUT2D eigenvalue weighted by Gasteiger charge is -2.37. The summed E-state index contributed by atoms with van der Waals surface area (Å²) in [4.78, 5) is 13.4. The summed E-state index contributed by atoms with van der Waals surface area (Å²) in [5, 5.41) is 9.60. The highest BCUT2D eigenvalue weighted by atomic mass is 35.5. The van der Waals surface area contributed by atoms with Crippen molar-refractivity contribution in [2.75, 3.05) is 13.1 Å². The lowest BCUT2D eigenvalue weighted by molar-refractivity contribution is 0.0608. The van der Waals surface area contributed by atoms with Gasteiger partial charge in [0, 0.05) is 19.1 Å². The zero-order valence-corrected chi connectivity index (χ0v) is 8.74. The molecule has 0 bridgehead atoms. The van der Waals surface area contributed by atoms with Crippen molar-refractivity contribution < 1.29 is 9.90 Å². The molecule has 0 atom stereocenters. The highest BCUT2D eigenvalue weighted by molar-refractivity contribution is 6.33. The van der Waals surface area contributed by atoms with Gasteiger partial charge in [0.1, 0.15) is 5.75 Å². The minimum absolute atomic E-state index is 0.0348. The molecule has 1 aromatic carbocycles. The van der Waals surface area contributed by atoms with Crippen LogP contribution in [-0.4, -0.2) is 35.0 Å². The predicted octanol–water partition coefficient (Wildman–Crippen LogP) is 0.829. The summed E-state index contributed by atoms with van der Waals surface area (Å²) in [5.41, 5.74) is 5.90. The maximum absolute atomic E-state index is 11.8. The second-order valence-corrected chi connectivity index (χ2v) is 4.04. The Labute approximate surface area is 92.2 Å². The van der Waals surface area contributed by atoms with Crippen molar-refractivity contribution in [2.24, 2.45) is 5.73 Å². The Bertz CT molecular complexity index is 402. The molecule has 1 fully saturated rings. The predicted molar refractivity (Wildman–Crippen MR) is 57.0 cm³/mol. The number of benzene rings is 1. The number of likely N-dealkylation sites (tertiary alicyclic amines) is 1. The number of hydrogen-bond donors (Lipinski definition) is 2. The Morgan fingerprint density at radius 2 is 2.20 bits per heavy atom. The maximum Gasteiger partial charge on any atom is 0.255 e. The van der Waals surface area contributed by atoms with Gasteiger partial charge in [-0.1, -0.05) is 11.6 Å². The van der Waals surface area contributed by atoms with Gasteiger partial charge in [0.05, 0.1) is 10.6 Å². The van der Waals surface area contributed by atoms with Gasteiger partial charge < -0.3 is 15.7 Å². The first-order valence-corrected chi connectivity index (χ1v) is 4.99. The normalized spacial score (nSPS) is 16.3. The quantitative estimate of drug-likeness (QED) is 0.746. The van der Waals surface area contributed by atoms with Crippen LogP contribution in [0.3, 0.4) is 0 Å². The fourth-order valence-corrected chi connectivity index (χ4v) is 1.72. The molecule has 1 heterocycles. The number of amides is 1. The zero-order chi connectivity index (χ0) is 11.0. The smallest absolute Gasteiger partial charge is 0.255 e. The van der Waals surface area contributed by atoms with Crippen LogP contribution in [0.4, 0.5) is 0 Å². The Kier molecular flexibility index (Phi) is 2.54. The average molecular weight is 227 g/mol. The van der Waals surface area contributed by atoms with Crippen molar-refractivity contribution in [3.8, 4) is 5.75 Å². The van der Waals surface area contributed by atoms with Gasteiger partial charge in [0.15, 0.2) is 0 Å². The summed E-state index contributed by atoms with van der Waals surface area (Å²) in [6.45, 7) is 1.09. The monoisotopic (exact) mass is 226 g/mol. The summed E-state index contributed by atoms with van der Waals surface area (Å²) in [6, 6.07) is 4.38. The van der Waals surface area contributed by atoms with Crippen LogP contribution in [0.2, 0.25) is 5.02 Å². The van der Waals surface area contributed by atoms with Crippen molar-refractivity contribution in [1.29, 1.82) is 0 Å². The van der Waals surface area contributed by atoms with E-state index in [0.717, 1.165) is 0 Å². The van der Waals surface area contributed by atoms with Crippen LogP contribution in [0.5, 0.6) is 5.75 Å². The van der Waals surface area contributed by atoms with E-state index in [1.807, 2.05) is 0 Å². The molecule has 0 saturated carbocycles. The van der Waals surface area contributed by atoms with E-state index in [0.29, 0.717) is 23.7 Å². The standard InChI is InChI=1S/C10H11ClN2O2/c11-9-2-1-7(14)3-8(9)10(15)13-4-6(12)5-13/h1-3,6,14H,4-5,12H2. The van der Waals surface area contributed by atoms with Gasteiger partial charge in [-0.25, -0.2) is 0 Å². The second kappa shape index (κ2) is 3.72. The fraction of sp³-hybridized carbons (Fsp3) is 0.300. The third kappa shape index (κ3) is 1.91. The van der Waals surface area contributed by atoms with Crippen LogP contribution in [0.15, 0.2) is 18.2 Å². The molecule has 0 unspecified atom stereocenters. The first kappa shape index (κ1) is 10.3. The van der Waals surface area contributed by atoms with E-state index in [2.05, 4.69) is 0 Å². The van der Waals surface area contributed by atoms with Crippen LogP contribution in [0.1, 0.15) is 10.4 Å². The minimum Gasteiger partial charge on any atom is -0.508 e. The Hall–Kier alpha value is -1.26. The number of nitrogens with two attached hydrogens (primary N) is 1. The molecule has 1 amide bonds. The zero-order valence-electron chi connectivity index (χ0n) is 7.98. The topological polar surface area (TPSA) is 66.6 Å². The number of phenols is 1. The highest BCUT2D eigenvalue weighted by Gasteiger charge is 2.29. The van der Waals surface area contributed by atoms with Crippen LogP contribution in [-0.2, 0) is 0 Å². The number of carbonyl (C=O) groups excluding carboxylic acids is 1. The third-order valence-electron chi connectivity index (χ3n) is 2.38. The lowest BCUT2D eigenvalue weighted by Crippen LogP contribution is -2.57. The van der Waals surface area contributed by atoms with Gasteiger partial charge in [-0.05, 0) is 18.2 Å². The molecule has 15 heavy (non-hydrogen) atoms. The van der Waals surface area contributed by atoms with Gasteiger partial charge in [-0.3, -0.25) is 4.79 Å². The van der Waals surface area contributed by atoms with Crippen LogP contribution in [0, 0.1) is 0 Å². The Morgan fingerprint density at radius 3 is 2.80 bits per heavy atom. The summed E-state index contributed by atoms with van der Waals surface area (Å²) in [7, 11) is 0. The highest BCUT2D eigenvalue weighted by Crippen LogP contribution is 2.24. The summed E-state index contributed by atoms with van der Waals surface area (Å²) >= 11 is 5.86. The van der Waals surface area contributed by atoms with Crippen LogP contribution >= 0.6 is 11.6 Å². The molecular formula is C10H11ClN2O2. The third-order valence-corrected chi connectivity index (χ3v) is 2.71. The first-order valence-electron chi connectivity index (χ1n) is 4.61. The average Bonchev–Trinajstić information content (AvgIpc) is 2.16. The van der Waals surface area contributed by atoms with E-state index in [4.69, 9.17) is 17.3 Å². The summed E-state index contributed by atoms with van der Waals surface area (Å²) in [6.07, 6.45) is 0. The molecule has 80 valence electrons. The minimum atomic E-state index is -0.183. The van der Waals surface area contributed by atoms with Crippen LogP contribution < -0.4 is 5.73 Å². The summed E-state index contributed by atoms with van der Waals surface area (Å²) < 4.78 is 0. The van der Waals surface area contributed by atoms with Gasteiger partial charge in [0.25, 0.3) is 5.91 Å². The molecule has 2 rings (SSSR count). The molecule has 5 heteroatoms. The number of rotatable bonds is 1. The molecule has 1 saturated heterocycles. The molecule has 1 aromatic rings. The molecule has 0 aliphatic carbocycles. The molecular weight excluding hydrogens is 216 g/mol. The molecule has 0 spiro atoms.